The third-order valence-corrected chi connectivity index (χ3v) is 2.57. The SMILES string of the molecule is CCOC(=O)/C=C/c1ccc(-c2ccccn2)cc1. The zero-order chi connectivity index (χ0) is 13.5. The van der Waals surface area contributed by atoms with Crippen LogP contribution < -0.4 is 0 Å². The van der Waals surface area contributed by atoms with Crippen molar-refractivity contribution in [3.8, 4) is 11.3 Å². The molecule has 2 aromatic rings. The van der Waals surface area contributed by atoms with Gasteiger partial charge >= 0.3 is 5.97 Å². The number of rotatable bonds is 4. The second-order valence-corrected chi connectivity index (χ2v) is 3.92. The average Bonchev–Trinajstić information content (AvgIpc) is 2.47. The molecule has 0 bridgehead atoms. The number of carbonyl (C=O) groups excluding carboxylic acids is 1. The van der Waals surface area contributed by atoms with Crippen LogP contribution in [0.3, 0.4) is 0 Å². The summed E-state index contributed by atoms with van der Waals surface area (Å²) in [5.74, 6) is -0.323. The van der Waals surface area contributed by atoms with Crippen molar-refractivity contribution in [1.29, 1.82) is 0 Å². The maximum atomic E-state index is 11.2. The van der Waals surface area contributed by atoms with E-state index in [0.717, 1.165) is 16.8 Å². The fourth-order valence-electron chi connectivity index (χ4n) is 1.65. The Balaban J connectivity index is 2.09. The molecule has 2 rings (SSSR count). The van der Waals surface area contributed by atoms with Gasteiger partial charge in [-0.3, -0.25) is 4.98 Å². The standard InChI is InChI=1S/C16H15NO2/c1-2-19-16(18)11-8-13-6-9-14(10-7-13)15-5-3-4-12-17-15/h3-12H,2H2,1H3/b11-8+. The van der Waals surface area contributed by atoms with Gasteiger partial charge in [-0.05, 0) is 30.7 Å². The molecule has 19 heavy (non-hydrogen) atoms. The summed E-state index contributed by atoms with van der Waals surface area (Å²) in [5.41, 5.74) is 2.94. The van der Waals surface area contributed by atoms with E-state index in [4.69, 9.17) is 4.74 Å². The first-order valence-corrected chi connectivity index (χ1v) is 6.16. The Morgan fingerprint density at radius 3 is 2.63 bits per heavy atom. The summed E-state index contributed by atoms with van der Waals surface area (Å²) >= 11 is 0. The molecule has 0 atom stereocenters. The summed E-state index contributed by atoms with van der Waals surface area (Å²) in [4.78, 5) is 15.5. The van der Waals surface area contributed by atoms with Gasteiger partial charge in [0.1, 0.15) is 0 Å². The zero-order valence-electron chi connectivity index (χ0n) is 10.7. The minimum atomic E-state index is -0.323. The first kappa shape index (κ1) is 13.0. The smallest absolute Gasteiger partial charge is 0.330 e. The third kappa shape index (κ3) is 3.78. The van der Waals surface area contributed by atoms with Crippen LogP contribution in [0, 0.1) is 0 Å². The van der Waals surface area contributed by atoms with Crippen molar-refractivity contribution in [2.45, 2.75) is 6.92 Å². The summed E-state index contributed by atoms with van der Waals surface area (Å²) in [6.45, 7) is 2.18. The number of pyridine rings is 1. The maximum Gasteiger partial charge on any atom is 0.330 e. The highest BCUT2D eigenvalue weighted by Gasteiger charge is 1.98. The number of aromatic nitrogens is 1. The first-order valence-electron chi connectivity index (χ1n) is 6.16. The highest BCUT2D eigenvalue weighted by molar-refractivity contribution is 5.87. The van der Waals surface area contributed by atoms with Crippen molar-refractivity contribution >= 4 is 12.0 Å². The molecule has 0 saturated heterocycles. The lowest BCUT2D eigenvalue weighted by Gasteiger charge is -2.00. The van der Waals surface area contributed by atoms with Crippen LogP contribution in [0.25, 0.3) is 17.3 Å². The molecule has 0 fully saturated rings. The van der Waals surface area contributed by atoms with Crippen molar-refractivity contribution < 1.29 is 9.53 Å². The Kier molecular flexibility index (Phi) is 4.45. The number of carbonyl (C=O) groups is 1. The van der Waals surface area contributed by atoms with Crippen LogP contribution in [-0.4, -0.2) is 17.6 Å². The van der Waals surface area contributed by atoms with Crippen LogP contribution in [0.4, 0.5) is 0 Å². The quantitative estimate of drug-likeness (QED) is 0.619. The highest BCUT2D eigenvalue weighted by Crippen LogP contribution is 2.17. The number of ether oxygens (including phenoxy) is 1. The maximum absolute atomic E-state index is 11.2. The topological polar surface area (TPSA) is 39.2 Å². The molecule has 0 N–H and O–H groups in total. The minimum Gasteiger partial charge on any atom is -0.463 e. The largest absolute Gasteiger partial charge is 0.463 e. The van der Waals surface area contributed by atoms with Crippen LogP contribution in [-0.2, 0) is 9.53 Å². The van der Waals surface area contributed by atoms with E-state index in [2.05, 4.69) is 4.98 Å². The van der Waals surface area contributed by atoms with E-state index < -0.39 is 0 Å². The van der Waals surface area contributed by atoms with Gasteiger partial charge in [-0.15, -0.1) is 0 Å². The van der Waals surface area contributed by atoms with E-state index in [-0.39, 0.29) is 5.97 Å². The van der Waals surface area contributed by atoms with E-state index in [1.165, 1.54) is 6.08 Å². The van der Waals surface area contributed by atoms with Gasteiger partial charge in [0, 0.05) is 17.8 Å². The van der Waals surface area contributed by atoms with Crippen molar-refractivity contribution in [1.82, 2.24) is 4.98 Å². The van der Waals surface area contributed by atoms with Crippen LogP contribution >= 0.6 is 0 Å². The van der Waals surface area contributed by atoms with Gasteiger partial charge in [-0.25, -0.2) is 4.79 Å². The summed E-state index contributed by atoms with van der Waals surface area (Å²) in [7, 11) is 0. The summed E-state index contributed by atoms with van der Waals surface area (Å²) in [5, 5.41) is 0. The molecular weight excluding hydrogens is 238 g/mol. The van der Waals surface area contributed by atoms with Crippen molar-refractivity contribution in [2.75, 3.05) is 6.61 Å². The molecule has 1 aromatic carbocycles. The van der Waals surface area contributed by atoms with E-state index in [1.807, 2.05) is 42.5 Å². The number of hydrogen-bond donors (Lipinski definition) is 0. The van der Waals surface area contributed by atoms with Gasteiger partial charge in [0.25, 0.3) is 0 Å². The van der Waals surface area contributed by atoms with Crippen molar-refractivity contribution in [3.63, 3.8) is 0 Å². The predicted octanol–water partition coefficient (Wildman–Crippen LogP) is 3.32. The van der Waals surface area contributed by atoms with Crippen LogP contribution in [0.15, 0.2) is 54.7 Å². The van der Waals surface area contributed by atoms with Crippen molar-refractivity contribution in [2.24, 2.45) is 0 Å². The Morgan fingerprint density at radius 2 is 2.00 bits per heavy atom. The van der Waals surface area contributed by atoms with Crippen LogP contribution in [0.2, 0.25) is 0 Å². The Labute approximate surface area is 112 Å². The molecule has 1 aromatic heterocycles. The number of esters is 1. The molecule has 3 heteroatoms. The van der Waals surface area contributed by atoms with Gasteiger partial charge in [-0.1, -0.05) is 30.3 Å². The lowest BCUT2D eigenvalue weighted by molar-refractivity contribution is -0.137. The van der Waals surface area contributed by atoms with Crippen molar-refractivity contribution in [3.05, 3.63) is 60.3 Å². The monoisotopic (exact) mass is 253 g/mol. The molecule has 0 saturated carbocycles. The second kappa shape index (κ2) is 6.50. The summed E-state index contributed by atoms with van der Waals surface area (Å²) in [6.07, 6.45) is 4.93. The van der Waals surface area contributed by atoms with E-state index in [9.17, 15) is 4.79 Å². The molecule has 96 valence electrons. The molecule has 0 amide bonds. The van der Waals surface area contributed by atoms with Gasteiger partial charge in [0.15, 0.2) is 0 Å². The lowest BCUT2D eigenvalue weighted by atomic mass is 10.1. The molecule has 1 heterocycles. The molecule has 0 aliphatic carbocycles. The average molecular weight is 253 g/mol. The minimum absolute atomic E-state index is 0.323. The normalized spacial score (nSPS) is 10.6. The van der Waals surface area contributed by atoms with Crippen LogP contribution in [0.1, 0.15) is 12.5 Å². The van der Waals surface area contributed by atoms with E-state index in [0.29, 0.717) is 6.61 Å². The van der Waals surface area contributed by atoms with Gasteiger partial charge in [-0.2, -0.15) is 0 Å². The Morgan fingerprint density at radius 1 is 1.21 bits per heavy atom. The molecule has 3 nitrogen and oxygen atoms in total. The molecule has 0 unspecified atom stereocenters. The molecule has 0 radical (unpaired) electrons. The summed E-state index contributed by atoms with van der Waals surface area (Å²) in [6, 6.07) is 13.7. The molecular formula is C16H15NO2. The van der Waals surface area contributed by atoms with Gasteiger partial charge in [0.2, 0.25) is 0 Å². The molecule has 0 spiro atoms. The zero-order valence-corrected chi connectivity index (χ0v) is 10.7. The highest BCUT2D eigenvalue weighted by atomic mass is 16.5. The number of benzene rings is 1. The first-order chi connectivity index (χ1) is 9.29. The van der Waals surface area contributed by atoms with E-state index >= 15 is 0 Å². The van der Waals surface area contributed by atoms with E-state index in [1.54, 1.807) is 19.2 Å². The fourth-order valence-corrected chi connectivity index (χ4v) is 1.65. The lowest BCUT2D eigenvalue weighted by Crippen LogP contribution is -1.98. The number of nitrogens with zero attached hydrogens (tertiary/aromatic N) is 1. The fraction of sp³-hybridized carbons (Fsp3) is 0.125. The third-order valence-electron chi connectivity index (χ3n) is 2.57. The number of hydrogen-bond acceptors (Lipinski definition) is 3. The Hall–Kier alpha value is -2.42. The molecule has 0 aliphatic rings. The molecule has 0 aliphatic heterocycles. The van der Waals surface area contributed by atoms with Gasteiger partial charge in [0.05, 0.1) is 12.3 Å². The van der Waals surface area contributed by atoms with Crippen LogP contribution in [0.5, 0.6) is 0 Å². The predicted molar refractivity (Wildman–Crippen MR) is 75.3 cm³/mol. The Bertz CT molecular complexity index is 559. The van der Waals surface area contributed by atoms with Gasteiger partial charge < -0.3 is 4.74 Å². The second-order valence-electron chi connectivity index (χ2n) is 3.92. The summed E-state index contributed by atoms with van der Waals surface area (Å²) < 4.78 is 4.82.